The van der Waals surface area contributed by atoms with Crippen LogP contribution in [0.15, 0.2) is 24.3 Å². The molecule has 0 aliphatic carbocycles. The first-order valence-corrected chi connectivity index (χ1v) is 3.14. The topological polar surface area (TPSA) is 0 Å². The zero-order chi connectivity index (χ0) is 9.19. The van der Waals surface area contributed by atoms with E-state index in [-0.39, 0.29) is 5.56 Å². The van der Waals surface area contributed by atoms with Crippen molar-refractivity contribution < 1.29 is 13.2 Å². The van der Waals surface area contributed by atoms with Gasteiger partial charge in [0.25, 0.3) is 0 Å². The second kappa shape index (κ2) is 2.90. The van der Waals surface area contributed by atoms with Crippen molar-refractivity contribution in [3.05, 3.63) is 41.8 Å². The van der Waals surface area contributed by atoms with Gasteiger partial charge in [-0.1, -0.05) is 12.1 Å². The quantitative estimate of drug-likeness (QED) is 0.413. The Hall–Kier alpha value is -1.43. The number of halogens is 3. The molecule has 0 heterocycles. The molecule has 0 aromatic heterocycles. The van der Waals surface area contributed by atoms with Gasteiger partial charge in [-0.2, -0.15) is 13.2 Å². The Morgan fingerprint density at radius 3 is 2.42 bits per heavy atom. The summed E-state index contributed by atoms with van der Waals surface area (Å²) in [5.41, 5.74) is -0.621. The van der Waals surface area contributed by atoms with Gasteiger partial charge in [-0.25, -0.2) is 0 Å². The maximum Gasteiger partial charge on any atom is 0.414 e. The third-order valence-corrected chi connectivity index (χ3v) is 1.33. The zero-order valence-electron chi connectivity index (χ0n) is 5.94. The summed E-state index contributed by atoms with van der Waals surface area (Å²) in [5, 5.41) is 0. The Balaban J connectivity index is 3.13. The van der Waals surface area contributed by atoms with Crippen molar-refractivity contribution in [3.8, 4) is 5.92 Å². The van der Waals surface area contributed by atoms with Crippen LogP contribution in [0, 0.1) is 12.3 Å². The zero-order valence-corrected chi connectivity index (χ0v) is 5.94. The largest absolute Gasteiger partial charge is 0.414 e. The van der Waals surface area contributed by atoms with Crippen molar-refractivity contribution in [2.75, 3.05) is 0 Å². The molecule has 0 aliphatic heterocycles. The second-order valence-electron chi connectivity index (χ2n) is 2.20. The van der Waals surface area contributed by atoms with Gasteiger partial charge in [0.1, 0.15) is 0 Å². The first-order chi connectivity index (χ1) is 5.54. The molecule has 0 radical (unpaired) electrons. The molecule has 0 N–H and O–H groups in total. The minimum Gasteiger partial charge on any atom is -0.366 e. The molecule has 3 heteroatoms. The van der Waals surface area contributed by atoms with Gasteiger partial charge < -0.3 is 6.42 Å². The molecule has 0 spiro atoms. The molecule has 0 bridgehead atoms. The molecule has 1 rings (SSSR count). The Morgan fingerprint density at radius 2 is 1.92 bits per heavy atom. The SMILES string of the molecule is [C-]#Cc1cccc(C(F)(F)F)c1. The summed E-state index contributed by atoms with van der Waals surface area (Å²) in [7, 11) is 0. The third kappa shape index (κ3) is 1.79. The first-order valence-electron chi connectivity index (χ1n) is 3.14. The number of alkyl halides is 3. The van der Waals surface area contributed by atoms with Crippen LogP contribution in [0.1, 0.15) is 11.1 Å². The molecular weight excluding hydrogens is 165 g/mol. The summed E-state index contributed by atoms with van der Waals surface area (Å²) >= 11 is 0. The van der Waals surface area contributed by atoms with Crippen LogP contribution >= 0.6 is 0 Å². The number of benzene rings is 1. The Kier molecular flexibility index (Phi) is 2.09. The van der Waals surface area contributed by atoms with E-state index in [1.165, 1.54) is 12.1 Å². The molecule has 0 fully saturated rings. The van der Waals surface area contributed by atoms with Crippen LogP contribution < -0.4 is 0 Å². The smallest absolute Gasteiger partial charge is 0.366 e. The van der Waals surface area contributed by atoms with Gasteiger partial charge in [0, 0.05) is 5.56 Å². The van der Waals surface area contributed by atoms with E-state index in [2.05, 4.69) is 0 Å². The fraction of sp³-hybridized carbons (Fsp3) is 0.111. The summed E-state index contributed by atoms with van der Waals surface area (Å²) in [6.45, 7) is 0. The monoisotopic (exact) mass is 169 g/mol. The van der Waals surface area contributed by atoms with Crippen molar-refractivity contribution in [2.45, 2.75) is 6.18 Å². The minimum atomic E-state index is -4.34. The third-order valence-electron chi connectivity index (χ3n) is 1.33. The van der Waals surface area contributed by atoms with E-state index in [0.29, 0.717) is 0 Å². The number of hydrogen-bond donors (Lipinski definition) is 0. The van der Waals surface area contributed by atoms with E-state index in [1.54, 1.807) is 0 Å². The first kappa shape index (κ1) is 8.66. The molecule has 12 heavy (non-hydrogen) atoms. The van der Waals surface area contributed by atoms with Gasteiger partial charge in [0.2, 0.25) is 0 Å². The van der Waals surface area contributed by atoms with E-state index in [1.807, 2.05) is 5.92 Å². The van der Waals surface area contributed by atoms with Crippen LogP contribution in [0.3, 0.4) is 0 Å². The van der Waals surface area contributed by atoms with E-state index in [0.717, 1.165) is 12.1 Å². The molecule has 0 atom stereocenters. The van der Waals surface area contributed by atoms with Crippen LogP contribution in [-0.2, 0) is 6.18 Å². The average molecular weight is 169 g/mol. The fourth-order valence-corrected chi connectivity index (χ4v) is 0.773. The molecule has 62 valence electrons. The normalized spacial score (nSPS) is 10.8. The summed E-state index contributed by atoms with van der Waals surface area (Å²) in [5.74, 6) is 1.89. The van der Waals surface area contributed by atoms with Crippen molar-refractivity contribution in [1.29, 1.82) is 0 Å². The van der Waals surface area contributed by atoms with E-state index in [9.17, 15) is 13.2 Å². The Labute approximate surface area is 68.0 Å². The lowest BCUT2D eigenvalue weighted by Crippen LogP contribution is -2.04. The molecule has 0 nitrogen and oxygen atoms in total. The highest BCUT2D eigenvalue weighted by Crippen LogP contribution is 2.29. The lowest BCUT2D eigenvalue weighted by atomic mass is 10.1. The van der Waals surface area contributed by atoms with Crippen LogP contribution in [0.2, 0.25) is 0 Å². The van der Waals surface area contributed by atoms with Crippen LogP contribution in [0.25, 0.3) is 0 Å². The minimum absolute atomic E-state index is 0.129. The van der Waals surface area contributed by atoms with Crippen molar-refractivity contribution in [1.82, 2.24) is 0 Å². The molecule has 0 amide bonds. The summed E-state index contributed by atoms with van der Waals surface area (Å²) < 4.78 is 36.0. The lowest BCUT2D eigenvalue weighted by molar-refractivity contribution is -0.137. The maximum atomic E-state index is 12.0. The molecule has 0 aliphatic rings. The molecular formula is C9H4F3-. The van der Waals surface area contributed by atoms with Crippen LogP contribution in [0.4, 0.5) is 13.2 Å². The maximum absolute atomic E-state index is 12.0. The fourth-order valence-electron chi connectivity index (χ4n) is 0.773. The molecule has 0 unspecified atom stereocenters. The molecule has 1 aromatic carbocycles. The number of rotatable bonds is 0. The van der Waals surface area contributed by atoms with Crippen LogP contribution in [0.5, 0.6) is 0 Å². The number of hydrogen-bond acceptors (Lipinski definition) is 0. The van der Waals surface area contributed by atoms with Crippen molar-refractivity contribution in [3.63, 3.8) is 0 Å². The summed E-state index contributed by atoms with van der Waals surface area (Å²) in [6.07, 6.45) is 2.29. The van der Waals surface area contributed by atoms with Crippen LogP contribution in [-0.4, -0.2) is 0 Å². The highest BCUT2D eigenvalue weighted by Gasteiger charge is 2.29. The van der Waals surface area contributed by atoms with Crippen molar-refractivity contribution >= 4 is 0 Å². The Morgan fingerprint density at radius 1 is 1.25 bits per heavy atom. The second-order valence-corrected chi connectivity index (χ2v) is 2.20. The van der Waals surface area contributed by atoms with Gasteiger partial charge >= 0.3 is 6.18 Å². The highest BCUT2D eigenvalue weighted by atomic mass is 19.4. The van der Waals surface area contributed by atoms with Gasteiger partial charge in [-0.15, -0.1) is 17.7 Å². The summed E-state index contributed by atoms with van der Waals surface area (Å²) in [4.78, 5) is 0. The van der Waals surface area contributed by atoms with E-state index in [4.69, 9.17) is 6.42 Å². The average Bonchev–Trinajstić information content (AvgIpc) is 2.03. The highest BCUT2D eigenvalue weighted by molar-refractivity contribution is 5.34. The molecule has 0 saturated carbocycles. The van der Waals surface area contributed by atoms with Gasteiger partial charge in [-0.3, -0.25) is 5.92 Å². The summed E-state index contributed by atoms with van der Waals surface area (Å²) in [6, 6.07) is 4.48. The van der Waals surface area contributed by atoms with E-state index < -0.39 is 11.7 Å². The van der Waals surface area contributed by atoms with E-state index >= 15 is 0 Å². The van der Waals surface area contributed by atoms with Gasteiger partial charge in [0.15, 0.2) is 0 Å². The van der Waals surface area contributed by atoms with Crippen molar-refractivity contribution in [2.24, 2.45) is 0 Å². The standard InChI is InChI=1S/C9H4F3/c1-2-7-4-3-5-8(6-7)9(10,11)12/h3-6H/q-1. The predicted molar refractivity (Wildman–Crippen MR) is 37.7 cm³/mol. The molecule has 1 aromatic rings. The predicted octanol–water partition coefficient (Wildman–Crippen LogP) is 2.64. The molecule has 0 saturated heterocycles. The van der Waals surface area contributed by atoms with Gasteiger partial charge in [0.05, 0.1) is 0 Å². The van der Waals surface area contributed by atoms with Gasteiger partial charge in [-0.05, 0) is 0 Å². The Bertz CT molecular complexity index is 317. The lowest BCUT2D eigenvalue weighted by Gasteiger charge is -2.09.